The number of amides is 1. The largest absolute Gasteiger partial charge is 0.399 e. The van der Waals surface area contributed by atoms with Crippen LogP contribution < -0.4 is 11.5 Å². The maximum atomic E-state index is 11.4. The van der Waals surface area contributed by atoms with Gasteiger partial charge in [-0.15, -0.1) is 0 Å². The van der Waals surface area contributed by atoms with E-state index in [9.17, 15) is 4.79 Å². The van der Waals surface area contributed by atoms with E-state index in [0.717, 1.165) is 50.0 Å². The minimum absolute atomic E-state index is 0.0938. The molecule has 1 aliphatic rings. The summed E-state index contributed by atoms with van der Waals surface area (Å²) in [5, 5.41) is 0. The lowest BCUT2D eigenvalue weighted by molar-refractivity contribution is -0.124. The van der Waals surface area contributed by atoms with Crippen molar-refractivity contribution in [1.82, 2.24) is 4.90 Å². The number of carbonyl (C=O) groups excluding carboxylic acids is 1. The quantitative estimate of drug-likeness (QED) is 0.784. The molecule has 1 saturated heterocycles. The Morgan fingerprint density at radius 2 is 2.11 bits per heavy atom. The van der Waals surface area contributed by atoms with E-state index < -0.39 is 0 Å². The summed E-state index contributed by atoms with van der Waals surface area (Å²) < 4.78 is 0. The van der Waals surface area contributed by atoms with Crippen LogP contribution in [0, 0.1) is 0 Å². The van der Waals surface area contributed by atoms with E-state index >= 15 is 0 Å². The molecule has 1 atom stereocenters. The molecule has 0 spiro atoms. The summed E-state index contributed by atoms with van der Waals surface area (Å²) in [6.07, 6.45) is 4.00. The second-order valence-electron chi connectivity index (χ2n) is 4.90. The van der Waals surface area contributed by atoms with Gasteiger partial charge in [0.15, 0.2) is 0 Å². The third-order valence-electron chi connectivity index (χ3n) is 3.67. The summed E-state index contributed by atoms with van der Waals surface area (Å²) in [7, 11) is 0. The van der Waals surface area contributed by atoms with Crippen LogP contribution in [-0.4, -0.2) is 29.9 Å². The summed E-state index contributed by atoms with van der Waals surface area (Å²) >= 11 is 0. The van der Waals surface area contributed by atoms with E-state index in [1.807, 2.05) is 24.3 Å². The van der Waals surface area contributed by atoms with Gasteiger partial charge in [0.2, 0.25) is 5.91 Å². The lowest BCUT2D eigenvalue weighted by atomic mass is 10.0. The Morgan fingerprint density at radius 1 is 1.33 bits per heavy atom. The van der Waals surface area contributed by atoms with Crippen LogP contribution in [0.5, 0.6) is 0 Å². The summed E-state index contributed by atoms with van der Waals surface area (Å²) in [5.74, 6) is -0.198. The van der Waals surface area contributed by atoms with Crippen molar-refractivity contribution in [2.75, 3.05) is 18.8 Å². The number of para-hydroxylation sites is 1. The minimum Gasteiger partial charge on any atom is -0.399 e. The number of primary amides is 1. The molecule has 4 nitrogen and oxygen atoms in total. The number of likely N-dealkylation sites (tertiary alicyclic amines) is 1. The van der Waals surface area contributed by atoms with Crippen molar-refractivity contribution in [2.24, 2.45) is 5.73 Å². The average Bonchev–Trinajstić information content (AvgIpc) is 2.38. The van der Waals surface area contributed by atoms with Crippen molar-refractivity contribution in [1.29, 1.82) is 0 Å². The van der Waals surface area contributed by atoms with E-state index in [4.69, 9.17) is 11.5 Å². The number of anilines is 1. The van der Waals surface area contributed by atoms with Gasteiger partial charge in [-0.3, -0.25) is 9.69 Å². The van der Waals surface area contributed by atoms with Crippen LogP contribution in [-0.2, 0) is 11.2 Å². The lowest BCUT2D eigenvalue weighted by Crippen LogP contribution is -2.48. The highest BCUT2D eigenvalue weighted by Crippen LogP contribution is 2.18. The Labute approximate surface area is 108 Å². The summed E-state index contributed by atoms with van der Waals surface area (Å²) in [6, 6.07) is 7.79. The van der Waals surface area contributed by atoms with Gasteiger partial charge in [0.1, 0.15) is 0 Å². The molecule has 0 aliphatic carbocycles. The van der Waals surface area contributed by atoms with Crippen molar-refractivity contribution >= 4 is 11.6 Å². The Morgan fingerprint density at radius 3 is 2.83 bits per heavy atom. The third kappa shape index (κ3) is 3.01. The zero-order valence-corrected chi connectivity index (χ0v) is 10.6. The van der Waals surface area contributed by atoms with Crippen molar-refractivity contribution in [2.45, 2.75) is 31.7 Å². The van der Waals surface area contributed by atoms with Crippen LogP contribution in [0.25, 0.3) is 0 Å². The molecule has 2 rings (SSSR count). The number of nitrogens with two attached hydrogens (primary N) is 2. The highest BCUT2D eigenvalue weighted by Gasteiger charge is 2.26. The first-order valence-corrected chi connectivity index (χ1v) is 6.55. The molecule has 1 aromatic rings. The van der Waals surface area contributed by atoms with Crippen LogP contribution in [0.4, 0.5) is 5.69 Å². The van der Waals surface area contributed by atoms with Gasteiger partial charge in [-0.1, -0.05) is 24.6 Å². The smallest absolute Gasteiger partial charge is 0.234 e. The van der Waals surface area contributed by atoms with Gasteiger partial charge < -0.3 is 11.5 Å². The van der Waals surface area contributed by atoms with Gasteiger partial charge >= 0.3 is 0 Å². The van der Waals surface area contributed by atoms with Gasteiger partial charge in [0.25, 0.3) is 0 Å². The molecule has 0 bridgehead atoms. The Balaban J connectivity index is 1.96. The number of nitrogen functional groups attached to an aromatic ring is 1. The van der Waals surface area contributed by atoms with E-state index in [1.54, 1.807) is 0 Å². The molecule has 1 aromatic carbocycles. The highest BCUT2D eigenvalue weighted by atomic mass is 16.1. The molecule has 1 heterocycles. The maximum Gasteiger partial charge on any atom is 0.234 e. The molecule has 1 unspecified atom stereocenters. The third-order valence-corrected chi connectivity index (χ3v) is 3.67. The molecule has 0 radical (unpaired) electrons. The van der Waals surface area contributed by atoms with E-state index in [2.05, 4.69) is 4.90 Å². The molecule has 18 heavy (non-hydrogen) atoms. The topological polar surface area (TPSA) is 72.4 Å². The molecule has 4 N–H and O–H groups in total. The fourth-order valence-electron chi connectivity index (χ4n) is 2.61. The second-order valence-corrected chi connectivity index (χ2v) is 4.90. The number of hydrogen-bond donors (Lipinski definition) is 2. The molecule has 1 amide bonds. The van der Waals surface area contributed by atoms with Gasteiger partial charge in [0, 0.05) is 12.2 Å². The normalized spacial score (nSPS) is 20.8. The first kappa shape index (κ1) is 12.9. The zero-order chi connectivity index (χ0) is 13.0. The minimum atomic E-state index is -0.198. The van der Waals surface area contributed by atoms with Crippen LogP contribution >= 0.6 is 0 Å². The van der Waals surface area contributed by atoms with Gasteiger partial charge in [0.05, 0.1) is 6.04 Å². The van der Waals surface area contributed by atoms with Crippen LogP contribution in [0.1, 0.15) is 24.8 Å². The number of benzene rings is 1. The van der Waals surface area contributed by atoms with Gasteiger partial charge in [-0.05, 0) is 37.4 Å². The van der Waals surface area contributed by atoms with Crippen molar-refractivity contribution in [3.05, 3.63) is 29.8 Å². The monoisotopic (exact) mass is 247 g/mol. The molecule has 4 heteroatoms. The van der Waals surface area contributed by atoms with Crippen molar-refractivity contribution < 1.29 is 4.79 Å². The molecular formula is C14H21N3O. The number of piperidine rings is 1. The molecule has 0 aromatic heterocycles. The number of nitrogens with zero attached hydrogens (tertiary/aromatic N) is 1. The van der Waals surface area contributed by atoms with Gasteiger partial charge in [-0.25, -0.2) is 0 Å². The molecule has 0 saturated carbocycles. The second kappa shape index (κ2) is 5.87. The van der Waals surface area contributed by atoms with Crippen LogP contribution in [0.2, 0.25) is 0 Å². The molecule has 1 fully saturated rings. The Bertz CT molecular complexity index is 419. The molecular weight excluding hydrogens is 226 g/mol. The summed E-state index contributed by atoms with van der Waals surface area (Å²) in [6.45, 7) is 1.81. The highest BCUT2D eigenvalue weighted by molar-refractivity contribution is 5.79. The predicted molar refractivity (Wildman–Crippen MR) is 73.0 cm³/mol. The first-order valence-electron chi connectivity index (χ1n) is 6.55. The van der Waals surface area contributed by atoms with E-state index in [1.165, 1.54) is 0 Å². The van der Waals surface area contributed by atoms with E-state index in [-0.39, 0.29) is 11.9 Å². The number of hydrogen-bond acceptors (Lipinski definition) is 3. The summed E-state index contributed by atoms with van der Waals surface area (Å²) in [5.41, 5.74) is 13.3. The number of rotatable bonds is 4. The fourth-order valence-corrected chi connectivity index (χ4v) is 2.61. The lowest BCUT2D eigenvalue weighted by Gasteiger charge is -2.33. The summed E-state index contributed by atoms with van der Waals surface area (Å²) in [4.78, 5) is 13.6. The Hall–Kier alpha value is -1.55. The standard InChI is InChI=1S/C14H21N3O/c15-12-6-2-1-5-11(12)8-10-17-9-4-3-7-13(17)14(16)18/h1-2,5-6,13H,3-4,7-10,15H2,(H2,16,18). The fraction of sp³-hybridized carbons (Fsp3) is 0.500. The van der Waals surface area contributed by atoms with Crippen molar-refractivity contribution in [3.8, 4) is 0 Å². The molecule has 1 aliphatic heterocycles. The first-order chi connectivity index (χ1) is 8.68. The molecule has 98 valence electrons. The van der Waals surface area contributed by atoms with E-state index in [0.29, 0.717) is 0 Å². The Kier molecular flexibility index (Phi) is 4.20. The van der Waals surface area contributed by atoms with Gasteiger partial charge in [-0.2, -0.15) is 0 Å². The van der Waals surface area contributed by atoms with Crippen LogP contribution in [0.3, 0.4) is 0 Å². The van der Waals surface area contributed by atoms with Crippen LogP contribution in [0.15, 0.2) is 24.3 Å². The SMILES string of the molecule is NC(=O)C1CCCCN1CCc1ccccc1N. The zero-order valence-electron chi connectivity index (χ0n) is 10.6. The average molecular weight is 247 g/mol. The predicted octanol–water partition coefficient (Wildman–Crippen LogP) is 1.15. The van der Waals surface area contributed by atoms with Crippen molar-refractivity contribution in [3.63, 3.8) is 0 Å². The maximum absolute atomic E-state index is 11.4. The number of carbonyl (C=O) groups is 1.